The van der Waals surface area contributed by atoms with Crippen molar-refractivity contribution in [2.75, 3.05) is 6.54 Å². The fraction of sp³-hybridized carbons (Fsp3) is 0.588. The molecule has 1 unspecified atom stereocenters. The number of nitrogens with two attached hydrogens (primary N) is 1. The van der Waals surface area contributed by atoms with Crippen LogP contribution in [0.1, 0.15) is 55.1 Å². The first-order chi connectivity index (χ1) is 11.2. The predicted molar refractivity (Wildman–Crippen MR) is 88.1 cm³/mol. The molecular formula is C17H24N4O2. The molecule has 2 heterocycles. The van der Waals surface area contributed by atoms with Gasteiger partial charge >= 0.3 is 0 Å². The Morgan fingerprint density at radius 1 is 1.43 bits per heavy atom. The summed E-state index contributed by atoms with van der Waals surface area (Å²) in [5.74, 6) is 0.361. The summed E-state index contributed by atoms with van der Waals surface area (Å²) in [6.45, 7) is 2.47. The van der Waals surface area contributed by atoms with Crippen LogP contribution in [-0.4, -0.2) is 28.6 Å². The number of aryl methyl sites for hydroxylation is 1. The van der Waals surface area contributed by atoms with E-state index in [9.17, 15) is 4.79 Å². The maximum atomic E-state index is 12.6. The monoisotopic (exact) mass is 316 g/mol. The fourth-order valence-electron chi connectivity index (χ4n) is 3.42. The van der Waals surface area contributed by atoms with Gasteiger partial charge in [0, 0.05) is 18.8 Å². The summed E-state index contributed by atoms with van der Waals surface area (Å²) in [4.78, 5) is 16.8. The highest BCUT2D eigenvalue weighted by Gasteiger charge is 2.24. The van der Waals surface area contributed by atoms with Crippen molar-refractivity contribution >= 4 is 17.0 Å². The minimum absolute atomic E-state index is 0.0339. The van der Waals surface area contributed by atoms with E-state index < -0.39 is 0 Å². The molecule has 6 nitrogen and oxygen atoms in total. The summed E-state index contributed by atoms with van der Waals surface area (Å²) in [6.07, 6.45) is 8.31. The third-order valence-electron chi connectivity index (χ3n) is 4.79. The Hall–Kier alpha value is -1.95. The standard InChI is InChI=1S/C17H24N4O2/c1-2-14-13-8-12(10-19-17(13)23-21-14)16(22)20-15(9-18)11-6-4-3-5-7-11/h8,10-11,15H,2-7,9,18H2,1H3,(H,20,22). The van der Waals surface area contributed by atoms with E-state index in [0.717, 1.165) is 30.3 Å². The first-order valence-electron chi connectivity index (χ1n) is 8.48. The summed E-state index contributed by atoms with van der Waals surface area (Å²) < 4.78 is 5.16. The van der Waals surface area contributed by atoms with Crippen molar-refractivity contribution in [1.29, 1.82) is 0 Å². The molecule has 0 aromatic carbocycles. The van der Waals surface area contributed by atoms with Crippen molar-refractivity contribution in [2.24, 2.45) is 11.7 Å². The highest BCUT2D eigenvalue weighted by atomic mass is 16.5. The maximum Gasteiger partial charge on any atom is 0.257 e. The number of pyridine rings is 1. The van der Waals surface area contributed by atoms with E-state index in [0.29, 0.717) is 23.7 Å². The summed E-state index contributed by atoms with van der Waals surface area (Å²) >= 11 is 0. The van der Waals surface area contributed by atoms with Crippen molar-refractivity contribution in [3.05, 3.63) is 23.5 Å². The van der Waals surface area contributed by atoms with Crippen molar-refractivity contribution in [3.8, 4) is 0 Å². The molecule has 3 N–H and O–H groups in total. The number of carbonyl (C=O) groups is 1. The molecule has 1 saturated carbocycles. The normalized spacial score (nSPS) is 17.3. The topological polar surface area (TPSA) is 94.0 Å². The van der Waals surface area contributed by atoms with Gasteiger partial charge in [0.2, 0.25) is 0 Å². The van der Waals surface area contributed by atoms with Crippen LogP contribution < -0.4 is 11.1 Å². The highest BCUT2D eigenvalue weighted by molar-refractivity contribution is 5.97. The number of nitrogens with one attached hydrogen (secondary N) is 1. The van der Waals surface area contributed by atoms with Crippen LogP contribution >= 0.6 is 0 Å². The van der Waals surface area contributed by atoms with Crippen LogP contribution in [0.15, 0.2) is 16.8 Å². The lowest BCUT2D eigenvalue weighted by atomic mass is 9.84. The fourth-order valence-corrected chi connectivity index (χ4v) is 3.42. The van der Waals surface area contributed by atoms with Crippen molar-refractivity contribution in [3.63, 3.8) is 0 Å². The Labute approximate surface area is 135 Å². The zero-order chi connectivity index (χ0) is 16.2. The molecule has 0 saturated heterocycles. The van der Waals surface area contributed by atoms with Crippen molar-refractivity contribution in [2.45, 2.75) is 51.5 Å². The molecule has 1 aliphatic rings. The van der Waals surface area contributed by atoms with E-state index in [2.05, 4.69) is 15.5 Å². The highest BCUT2D eigenvalue weighted by Crippen LogP contribution is 2.26. The molecule has 3 rings (SSSR count). The number of amides is 1. The van der Waals surface area contributed by atoms with Crippen LogP contribution in [0.2, 0.25) is 0 Å². The van der Waals surface area contributed by atoms with Crippen molar-refractivity contribution < 1.29 is 9.32 Å². The van der Waals surface area contributed by atoms with E-state index in [1.807, 2.05) is 6.92 Å². The molecule has 1 fully saturated rings. The molecule has 1 atom stereocenters. The summed E-state index contributed by atoms with van der Waals surface area (Å²) in [7, 11) is 0. The lowest BCUT2D eigenvalue weighted by Gasteiger charge is -2.30. The number of hydrogen-bond acceptors (Lipinski definition) is 5. The zero-order valence-corrected chi connectivity index (χ0v) is 13.5. The van der Waals surface area contributed by atoms with Crippen LogP contribution in [0.4, 0.5) is 0 Å². The SMILES string of the molecule is CCc1noc2ncc(C(=O)NC(CN)C3CCCCC3)cc12. The Morgan fingerprint density at radius 3 is 2.91 bits per heavy atom. The number of aromatic nitrogens is 2. The third-order valence-corrected chi connectivity index (χ3v) is 4.79. The summed E-state index contributed by atoms with van der Waals surface area (Å²) in [5.41, 5.74) is 7.72. The van der Waals surface area contributed by atoms with Gasteiger partial charge in [0.05, 0.1) is 16.6 Å². The summed E-state index contributed by atoms with van der Waals surface area (Å²) in [5, 5.41) is 7.88. The van der Waals surface area contributed by atoms with Crippen molar-refractivity contribution in [1.82, 2.24) is 15.5 Å². The van der Waals surface area contributed by atoms with E-state index in [1.165, 1.54) is 25.5 Å². The van der Waals surface area contributed by atoms with E-state index in [1.54, 1.807) is 6.07 Å². The van der Waals surface area contributed by atoms with Gasteiger partial charge in [-0.2, -0.15) is 0 Å². The third kappa shape index (κ3) is 3.37. The average Bonchev–Trinajstić information content (AvgIpc) is 3.02. The van der Waals surface area contributed by atoms with Crippen LogP contribution in [-0.2, 0) is 6.42 Å². The van der Waals surface area contributed by atoms with Crippen LogP contribution in [0.5, 0.6) is 0 Å². The van der Waals surface area contributed by atoms with E-state index in [4.69, 9.17) is 10.3 Å². The van der Waals surface area contributed by atoms with Crippen LogP contribution in [0.3, 0.4) is 0 Å². The molecule has 2 aromatic rings. The molecule has 1 aliphatic carbocycles. The number of nitrogens with zero attached hydrogens (tertiary/aromatic N) is 2. The molecule has 0 radical (unpaired) electrons. The van der Waals surface area contributed by atoms with Crippen LogP contribution in [0.25, 0.3) is 11.1 Å². The first-order valence-corrected chi connectivity index (χ1v) is 8.48. The molecule has 124 valence electrons. The lowest BCUT2D eigenvalue weighted by Crippen LogP contribution is -2.45. The second-order valence-corrected chi connectivity index (χ2v) is 6.27. The average molecular weight is 316 g/mol. The van der Waals surface area contributed by atoms with Crippen LogP contribution in [0, 0.1) is 5.92 Å². The minimum Gasteiger partial charge on any atom is -0.348 e. The van der Waals surface area contributed by atoms with Gasteiger partial charge in [-0.1, -0.05) is 31.3 Å². The van der Waals surface area contributed by atoms with E-state index in [-0.39, 0.29) is 11.9 Å². The summed E-state index contributed by atoms with van der Waals surface area (Å²) in [6, 6.07) is 1.84. The van der Waals surface area contributed by atoms with Gasteiger partial charge in [0.1, 0.15) is 0 Å². The second-order valence-electron chi connectivity index (χ2n) is 6.27. The van der Waals surface area contributed by atoms with Gasteiger partial charge in [-0.05, 0) is 31.2 Å². The molecule has 0 spiro atoms. The number of hydrogen-bond donors (Lipinski definition) is 2. The maximum absolute atomic E-state index is 12.6. The molecule has 0 aliphatic heterocycles. The van der Waals surface area contributed by atoms with Gasteiger partial charge in [-0.25, -0.2) is 4.98 Å². The number of carbonyl (C=O) groups excluding carboxylic acids is 1. The first kappa shape index (κ1) is 15.9. The molecule has 0 bridgehead atoms. The molecule has 6 heteroatoms. The predicted octanol–water partition coefficient (Wildman–Crippen LogP) is 2.42. The zero-order valence-electron chi connectivity index (χ0n) is 13.5. The van der Waals surface area contributed by atoms with E-state index >= 15 is 0 Å². The Balaban J connectivity index is 1.76. The second kappa shape index (κ2) is 7.08. The number of rotatable bonds is 5. The van der Waals surface area contributed by atoms with Gasteiger partial charge in [-0.3, -0.25) is 4.79 Å². The lowest BCUT2D eigenvalue weighted by molar-refractivity contribution is 0.0915. The van der Waals surface area contributed by atoms with Gasteiger partial charge in [-0.15, -0.1) is 0 Å². The molecule has 1 amide bonds. The van der Waals surface area contributed by atoms with Gasteiger partial charge < -0.3 is 15.6 Å². The smallest absolute Gasteiger partial charge is 0.257 e. The molecule has 2 aromatic heterocycles. The number of fused-ring (bicyclic) bond motifs is 1. The molecular weight excluding hydrogens is 292 g/mol. The Kier molecular flexibility index (Phi) is 4.91. The Bertz CT molecular complexity index is 676. The Morgan fingerprint density at radius 2 is 2.22 bits per heavy atom. The van der Waals surface area contributed by atoms with Gasteiger partial charge in [0.15, 0.2) is 0 Å². The van der Waals surface area contributed by atoms with Gasteiger partial charge in [0.25, 0.3) is 11.6 Å². The quantitative estimate of drug-likeness (QED) is 0.883. The minimum atomic E-state index is -0.122. The molecule has 23 heavy (non-hydrogen) atoms. The largest absolute Gasteiger partial charge is 0.348 e.